The number of carbonyl (C=O) groups excluding carboxylic acids is 1. The van der Waals surface area contributed by atoms with E-state index in [0.29, 0.717) is 17.1 Å². The van der Waals surface area contributed by atoms with Gasteiger partial charge in [0.2, 0.25) is 0 Å². The first-order chi connectivity index (χ1) is 14.9. The summed E-state index contributed by atoms with van der Waals surface area (Å²) in [5.74, 6) is 0. The van der Waals surface area contributed by atoms with Crippen molar-refractivity contribution in [1.29, 1.82) is 0 Å². The van der Waals surface area contributed by atoms with E-state index in [9.17, 15) is 13.2 Å². The summed E-state index contributed by atoms with van der Waals surface area (Å²) >= 11 is 1.17. The summed E-state index contributed by atoms with van der Waals surface area (Å²) in [5, 5.41) is 12.2. The number of aromatic nitrogens is 2. The zero-order valence-electron chi connectivity index (χ0n) is 16.4. The van der Waals surface area contributed by atoms with Crippen molar-refractivity contribution < 1.29 is 13.2 Å². The number of anilines is 3. The van der Waals surface area contributed by atoms with Gasteiger partial charge in [0.25, 0.3) is 10.0 Å². The Morgan fingerprint density at radius 1 is 0.935 bits per heavy atom. The van der Waals surface area contributed by atoms with Crippen LogP contribution in [0.1, 0.15) is 0 Å². The number of urea groups is 1. The number of benzene rings is 2. The number of hydrogen-bond donors (Lipinski definition) is 3. The van der Waals surface area contributed by atoms with E-state index < -0.39 is 10.0 Å². The summed E-state index contributed by atoms with van der Waals surface area (Å²) in [6.45, 7) is 0. The molecule has 0 saturated heterocycles. The number of para-hydroxylation sites is 1. The number of hydrogen-bond acceptors (Lipinski definition) is 5. The maximum atomic E-state index is 13.0. The highest BCUT2D eigenvalue weighted by Gasteiger charge is 2.24. The van der Waals surface area contributed by atoms with Gasteiger partial charge in [0, 0.05) is 24.6 Å². The molecule has 158 valence electrons. The summed E-state index contributed by atoms with van der Waals surface area (Å²) in [6.07, 6.45) is 1.62. The van der Waals surface area contributed by atoms with Gasteiger partial charge in [0.1, 0.15) is 4.21 Å². The maximum absolute atomic E-state index is 13.0. The van der Waals surface area contributed by atoms with E-state index in [1.165, 1.54) is 22.7 Å². The molecule has 0 fully saturated rings. The Morgan fingerprint density at radius 2 is 1.61 bits per heavy atom. The van der Waals surface area contributed by atoms with E-state index in [4.69, 9.17) is 0 Å². The minimum atomic E-state index is -3.72. The highest BCUT2D eigenvalue weighted by molar-refractivity contribution is 7.94. The van der Waals surface area contributed by atoms with Gasteiger partial charge in [-0.05, 0) is 54.6 Å². The molecule has 2 aromatic heterocycles. The van der Waals surface area contributed by atoms with Gasteiger partial charge < -0.3 is 10.6 Å². The average Bonchev–Trinajstić information content (AvgIpc) is 3.46. The Balaban J connectivity index is 1.45. The van der Waals surface area contributed by atoms with Crippen LogP contribution in [0.5, 0.6) is 0 Å². The fourth-order valence-electron chi connectivity index (χ4n) is 2.84. The second-order valence-corrected chi connectivity index (χ2v) is 9.83. The summed E-state index contributed by atoms with van der Waals surface area (Å²) in [7, 11) is -2.23. The molecular formula is C21H19N5O3S2. The molecule has 4 aromatic rings. The fourth-order valence-corrected chi connectivity index (χ4v) is 5.49. The number of rotatable bonds is 6. The molecule has 8 nitrogen and oxygen atoms in total. The molecule has 0 radical (unpaired) electrons. The highest BCUT2D eigenvalue weighted by atomic mass is 32.2. The van der Waals surface area contributed by atoms with Crippen LogP contribution in [0.4, 0.5) is 21.9 Å². The minimum Gasteiger partial charge on any atom is -0.308 e. The zero-order chi connectivity index (χ0) is 21.8. The minimum absolute atomic E-state index is 0.226. The molecule has 4 rings (SSSR count). The lowest BCUT2D eigenvalue weighted by atomic mass is 10.3. The van der Waals surface area contributed by atoms with Crippen LogP contribution < -0.4 is 14.9 Å². The predicted molar refractivity (Wildman–Crippen MR) is 123 cm³/mol. The number of nitrogens with zero attached hydrogens (tertiary/aromatic N) is 2. The molecule has 2 aromatic carbocycles. The molecule has 0 aliphatic rings. The van der Waals surface area contributed by atoms with E-state index in [2.05, 4.69) is 20.8 Å². The van der Waals surface area contributed by atoms with E-state index in [1.54, 1.807) is 60.8 Å². The van der Waals surface area contributed by atoms with Crippen molar-refractivity contribution in [2.45, 2.75) is 4.21 Å². The van der Waals surface area contributed by atoms with Gasteiger partial charge in [0.15, 0.2) is 0 Å². The number of aromatic amines is 1. The lowest BCUT2D eigenvalue weighted by molar-refractivity contribution is 0.262. The smallest absolute Gasteiger partial charge is 0.308 e. The largest absolute Gasteiger partial charge is 0.323 e. The van der Waals surface area contributed by atoms with E-state index in [-0.39, 0.29) is 10.2 Å². The molecule has 2 amide bonds. The number of amides is 2. The standard InChI is InChI=1S/C21H19N5O3S2/c1-26(31(28,29)20-12-11-19(30-20)18-13-14-22-25-18)17-9-7-16(8-10-17)24-21(27)23-15-5-3-2-4-6-15/h2-14H,1H3,(H,22,25)(H2,23,24,27). The van der Waals surface area contributed by atoms with Crippen LogP contribution in [0.25, 0.3) is 10.6 Å². The van der Waals surface area contributed by atoms with Crippen molar-refractivity contribution in [3.05, 3.63) is 79.0 Å². The van der Waals surface area contributed by atoms with Gasteiger partial charge >= 0.3 is 6.03 Å². The van der Waals surface area contributed by atoms with Gasteiger partial charge in [-0.2, -0.15) is 5.10 Å². The number of sulfonamides is 1. The topological polar surface area (TPSA) is 107 Å². The lowest BCUT2D eigenvalue weighted by Crippen LogP contribution is -2.25. The molecular weight excluding hydrogens is 434 g/mol. The van der Waals surface area contributed by atoms with Gasteiger partial charge in [-0.15, -0.1) is 11.3 Å². The average molecular weight is 454 g/mol. The summed E-state index contributed by atoms with van der Waals surface area (Å²) in [4.78, 5) is 12.9. The third-order valence-electron chi connectivity index (χ3n) is 4.48. The first-order valence-corrected chi connectivity index (χ1v) is 11.5. The summed E-state index contributed by atoms with van der Waals surface area (Å²) in [6, 6.07) is 20.4. The monoisotopic (exact) mass is 453 g/mol. The Hall–Kier alpha value is -3.63. The predicted octanol–water partition coefficient (Wildman–Crippen LogP) is 4.61. The molecule has 0 aliphatic carbocycles. The molecule has 0 bridgehead atoms. The maximum Gasteiger partial charge on any atom is 0.323 e. The normalized spacial score (nSPS) is 11.1. The second kappa shape index (κ2) is 8.62. The van der Waals surface area contributed by atoms with Gasteiger partial charge in [-0.3, -0.25) is 9.40 Å². The molecule has 2 heterocycles. The number of thiophene rings is 1. The van der Waals surface area contributed by atoms with Crippen LogP contribution in [0.15, 0.2) is 83.2 Å². The van der Waals surface area contributed by atoms with Crippen LogP contribution in [0.2, 0.25) is 0 Å². The molecule has 0 atom stereocenters. The second-order valence-electron chi connectivity index (χ2n) is 6.55. The molecule has 31 heavy (non-hydrogen) atoms. The van der Waals surface area contributed by atoms with Crippen LogP contribution >= 0.6 is 11.3 Å². The molecule has 0 spiro atoms. The number of H-pyrrole nitrogens is 1. The molecule has 0 unspecified atom stereocenters. The van der Waals surface area contributed by atoms with Crippen LogP contribution in [-0.4, -0.2) is 31.7 Å². The van der Waals surface area contributed by atoms with Crippen LogP contribution in [-0.2, 0) is 10.0 Å². The van der Waals surface area contributed by atoms with Gasteiger partial charge in [0.05, 0.1) is 16.3 Å². The van der Waals surface area contributed by atoms with E-state index >= 15 is 0 Å². The van der Waals surface area contributed by atoms with E-state index in [0.717, 1.165) is 10.6 Å². The van der Waals surface area contributed by atoms with Crippen LogP contribution in [0.3, 0.4) is 0 Å². The summed E-state index contributed by atoms with van der Waals surface area (Å²) in [5.41, 5.74) is 2.46. The quantitative estimate of drug-likeness (QED) is 0.396. The van der Waals surface area contributed by atoms with Crippen molar-refractivity contribution in [2.75, 3.05) is 22.0 Å². The Kier molecular flexibility index (Phi) is 5.74. The molecule has 0 aliphatic heterocycles. The van der Waals surface area contributed by atoms with E-state index in [1.807, 2.05) is 18.2 Å². The zero-order valence-corrected chi connectivity index (χ0v) is 18.1. The lowest BCUT2D eigenvalue weighted by Gasteiger charge is -2.19. The SMILES string of the molecule is CN(c1ccc(NC(=O)Nc2ccccc2)cc1)S(=O)(=O)c1ccc(-c2ccn[nH]2)s1. The van der Waals surface area contributed by atoms with Crippen LogP contribution in [0, 0.1) is 0 Å². The third kappa shape index (κ3) is 4.60. The Labute approximate surface area is 183 Å². The molecule has 0 saturated carbocycles. The van der Waals surface area contributed by atoms with Gasteiger partial charge in [-0.1, -0.05) is 18.2 Å². The summed E-state index contributed by atoms with van der Waals surface area (Å²) < 4.78 is 27.5. The van der Waals surface area contributed by atoms with Crippen molar-refractivity contribution in [1.82, 2.24) is 10.2 Å². The van der Waals surface area contributed by atoms with Crippen molar-refractivity contribution in [3.8, 4) is 10.6 Å². The highest BCUT2D eigenvalue weighted by Crippen LogP contribution is 2.32. The molecule has 3 N–H and O–H groups in total. The Bertz CT molecular complexity index is 1270. The molecule has 10 heteroatoms. The first-order valence-electron chi connectivity index (χ1n) is 9.25. The first kappa shape index (κ1) is 20.6. The van der Waals surface area contributed by atoms with Crippen molar-refractivity contribution >= 4 is 44.5 Å². The van der Waals surface area contributed by atoms with Gasteiger partial charge in [-0.25, -0.2) is 13.2 Å². The van der Waals surface area contributed by atoms with Crippen molar-refractivity contribution in [3.63, 3.8) is 0 Å². The third-order valence-corrected chi connectivity index (χ3v) is 7.85. The fraction of sp³-hybridized carbons (Fsp3) is 0.0476. The number of carbonyl (C=O) groups is 1. The Morgan fingerprint density at radius 3 is 2.26 bits per heavy atom. The number of nitrogens with one attached hydrogen (secondary N) is 3. The van der Waals surface area contributed by atoms with Crippen molar-refractivity contribution in [2.24, 2.45) is 0 Å².